The van der Waals surface area contributed by atoms with Gasteiger partial charge in [0.25, 0.3) is 0 Å². The Labute approximate surface area is 132 Å². The lowest BCUT2D eigenvalue weighted by molar-refractivity contribution is 0.0697. The number of carbonyl (C=O) groups is 1. The van der Waals surface area contributed by atoms with Gasteiger partial charge in [-0.2, -0.15) is 0 Å². The van der Waals surface area contributed by atoms with Crippen LogP contribution in [0.5, 0.6) is 0 Å². The first-order valence-electron chi connectivity index (χ1n) is 6.98. The number of hydrogen-bond acceptors (Lipinski definition) is 5. The number of benzene rings is 1. The van der Waals surface area contributed by atoms with Crippen LogP contribution in [0.3, 0.4) is 0 Å². The first-order valence-corrected chi connectivity index (χ1v) is 6.98. The lowest BCUT2D eigenvalue weighted by atomic mass is 10.2. The van der Waals surface area contributed by atoms with Crippen molar-refractivity contribution in [2.45, 2.75) is 6.92 Å². The average Bonchev–Trinajstić information content (AvgIpc) is 2.55. The standard InChI is InChI=1S/C17H14N4O2/c1-11-19-15(12-6-8-18-9-7-12)10-16(20-11)21-14-4-2-13(3-5-14)17(22)23/h2-10H,1H3,(H,22,23)(H,19,20,21). The number of rotatable bonds is 4. The highest BCUT2D eigenvalue weighted by atomic mass is 16.4. The maximum Gasteiger partial charge on any atom is 0.335 e. The normalized spacial score (nSPS) is 10.3. The Hall–Kier alpha value is -3.28. The molecule has 6 nitrogen and oxygen atoms in total. The number of pyridine rings is 1. The molecule has 2 heterocycles. The summed E-state index contributed by atoms with van der Waals surface area (Å²) in [5, 5.41) is 12.1. The second kappa shape index (κ2) is 6.23. The van der Waals surface area contributed by atoms with Gasteiger partial charge in [-0.3, -0.25) is 4.98 Å². The zero-order chi connectivity index (χ0) is 16.2. The van der Waals surface area contributed by atoms with Crippen LogP contribution in [-0.4, -0.2) is 26.0 Å². The molecular weight excluding hydrogens is 292 g/mol. The van der Waals surface area contributed by atoms with Crippen LogP contribution in [0.4, 0.5) is 11.5 Å². The van der Waals surface area contributed by atoms with Gasteiger partial charge in [-0.05, 0) is 43.3 Å². The van der Waals surface area contributed by atoms with E-state index in [0.717, 1.165) is 16.9 Å². The first kappa shape index (κ1) is 14.6. The minimum atomic E-state index is -0.950. The summed E-state index contributed by atoms with van der Waals surface area (Å²) in [6.07, 6.45) is 3.43. The maximum absolute atomic E-state index is 10.9. The zero-order valence-electron chi connectivity index (χ0n) is 12.4. The molecule has 0 spiro atoms. The van der Waals surface area contributed by atoms with E-state index in [2.05, 4.69) is 20.3 Å². The van der Waals surface area contributed by atoms with E-state index in [-0.39, 0.29) is 5.56 Å². The minimum absolute atomic E-state index is 0.242. The molecule has 0 saturated carbocycles. The summed E-state index contributed by atoms with van der Waals surface area (Å²) in [7, 11) is 0. The van der Waals surface area contributed by atoms with E-state index in [9.17, 15) is 4.79 Å². The van der Waals surface area contributed by atoms with Gasteiger partial charge >= 0.3 is 5.97 Å². The summed E-state index contributed by atoms with van der Waals surface area (Å²) in [6.45, 7) is 1.82. The van der Waals surface area contributed by atoms with Crippen LogP contribution >= 0.6 is 0 Å². The van der Waals surface area contributed by atoms with Gasteiger partial charge in [-0.1, -0.05) is 0 Å². The molecule has 0 atom stereocenters. The van der Waals surface area contributed by atoms with E-state index >= 15 is 0 Å². The third-order valence-electron chi connectivity index (χ3n) is 3.22. The van der Waals surface area contributed by atoms with Crippen molar-refractivity contribution in [3.63, 3.8) is 0 Å². The number of nitrogens with one attached hydrogen (secondary N) is 1. The number of aromatic nitrogens is 3. The van der Waals surface area contributed by atoms with Crippen LogP contribution in [0.1, 0.15) is 16.2 Å². The number of aryl methyl sites for hydroxylation is 1. The second-order valence-corrected chi connectivity index (χ2v) is 4.93. The molecule has 114 valence electrons. The molecule has 0 saturated heterocycles. The number of anilines is 2. The van der Waals surface area contributed by atoms with Crippen LogP contribution < -0.4 is 5.32 Å². The van der Waals surface area contributed by atoms with Gasteiger partial charge < -0.3 is 10.4 Å². The topological polar surface area (TPSA) is 88.0 Å². The van der Waals surface area contributed by atoms with Crippen LogP contribution in [0.2, 0.25) is 0 Å². The Bertz CT molecular complexity index is 833. The van der Waals surface area contributed by atoms with Gasteiger partial charge in [0.1, 0.15) is 11.6 Å². The Morgan fingerprint density at radius 3 is 2.39 bits per heavy atom. The average molecular weight is 306 g/mol. The Kier molecular flexibility index (Phi) is 3.97. The van der Waals surface area contributed by atoms with E-state index in [1.54, 1.807) is 36.7 Å². The third kappa shape index (κ3) is 3.49. The summed E-state index contributed by atoms with van der Waals surface area (Å²) in [4.78, 5) is 23.7. The van der Waals surface area contributed by atoms with Gasteiger partial charge in [0.2, 0.25) is 0 Å². The SMILES string of the molecule is Cc1nc(Nc2ccc(C(=O)O)cc2)cc(-c2ccncc2)n1. The van der Waals surface area contributed by atoms with Crippen molar-refractivity contribution < 1.29 is 9.90 Å². The lowest BCUT2D eigenvalue weighted by Crippen LogP contribution is -2.00. The fourth-order valence-corrected chi connectivity index (χ4v) is 2.15. The smallest absolute Gasteiger partial charge is 0.335 e. The highest BCUT2D eigenvalue weighted by Crippen LogP contribution is 2.21. The molecule has 0 fully saturated rings. The largest absolute Gasteiger partial charge is 0.478 e. The predicted octanol–water partition coefficient (Wildman–Crippen LogP) is 3.29. The van der Waals surface area contributed by atoms with Gasteiger partial charge in [-0.25, -0.2) is 14.8 Å². The molecule has 2 aromatic heterocycles. The van der Waals surface area contributed by atoms with Crippen LogP contribution in [0.25, 0.3) is 11.3 Å². The van der Waals surface area contributed by atoms with Crippen molar-refractivity contribution >= 4 is 17.5 Å². The number of carboxylic acid groups (broad SMARTS) is 1. The van der Waals surface area contributed by atoms with Crippen molar-refractivity contribution in [1.29, 1.82) is 0 Å². The summed E-state index contributed by atoms with van der Waals surface area (Å²) >= 11 is 0. The van der Waals surface area contributed by atoms with Crippen molar-refractivity contribution in [2.75, 3.05) is 5.32 Å². The summed E-state index contributed by atoms with van der Waals surface area (Å²) in [5.41, 5.74) is 2.75. The monoisotopic (exact) mass is 306 g/mol. The predicted molar refractivity (Wildman–Crippen MR) is 86.7 cm³/mol. The molecule has 0 aliphatic rings. The van der Waals surface area contributed by atoms with Gasteiger partial charge in [-0.15, -0.1) is 0 Å². The molecule has 3 aromatic rings. The zero-order valence-corrected chi connectivity index (χ0v) is 12.4. The Morgan fingerprint density at radius 1 is 1.04 bits per heavy atom. The van der Waals surface area contributed by atoms with Crippen molar-refractivity contribution in [2.24, 2.45) is 0 Å². The molecule has 0 radical (unpaired) electrons. The highest BCUT2D eigenvalue weighted by Gasteiger charge is 2.06. The van der Waals surface area contributed by atoms with E-state index < -0.39 is 5.97 Å². The Balaban J connectivity index is 1.88. The maximum atomic E-state index is 10.9. The molecule has 1 aromatic carbocycles. The Morgan fingerprint density at radius 2 is 1.74 bits per heavy atom. The highest BCUT2D eigenvalue weighted by molar-refractivity contribution is 5.88. The number of nitrogens with zero attached hydrogens (tertiary/aromatic N) is 3. The van der Waals surface area contributed by atoms with Crippen molar-refractivity contribution in [3.05, 3.63) is 66.2 Å². The van der Waals surface area contributed by atoms with E-state index in [1.807, 2.05) is 25.1 Å². The number of aromatic carboxylic acids is 1. The number of hydrogen-bond donors (Lipinski definition) is 2. The molecule has 0 unspecified atom stereocenters. The molecule has 6 heteroatoms. The van der Waals surface area contributed by atoms with Gasteiger partial charge in [0.15, 0.2) is 0 Å². The number of carboxylic acids is 1. The molecule has 2 N–H and O–H groups in total. The lowest BCUT2D eigenvalue weighted by Gasteiger charge is -2.09. The van der Waals surface area contributed by atoms with Crippen molar-refractivity contribution in [1.82, 2.24) is 15.0 Å². The van der Waals surface area contributed by atoms with Crippen LogP contribution in [0, 0.1) is 6.92 Å². The van der Waals surface area contributed by atoms with Gasteiger partial charge in [0.05, 0.1) is 11.3 Å². The second-order valence-electron chi connectivity index (χ2n) is 4.93. The summed E-state index contributed by atoms with van der Waals surface area (Å²) in [5.74, 6) is 0.339. The fourth-order valence-electron chi connectivity index (χ4n) is 2.15. The third-order valence-corrected chi connectivity index (χ3v) is 3.22. The molecule has 3 rings (SSSR count). The minimum Gasteiger partial charge on any atom is -0.478 e. The molecule has 0 amide bonds. The van der Waals surface area contributed by atoms with Gasteiger partial charge in [0, 0.05) is 29.7 Å². The van der Waals surface area contributed by atoms with E-state index in [4.69, 9.17) is 5.11 Å². The first-order chi connectivity index (χ1) is 11.1. The van der Waals surface area contributed by atoms with Crippen LogP contribution in [0.15, 0.2) is 54.9 Å². The molecular formula is C17H14N4O2. The molecule has 23 heavy (non-hydrogen) atoms. The van der Waals surface area contributed by atoms with Crippen molar-refractivity contribution in [3.8, 4) is 11.3 Å². The molecule has 0 bridgehead atoms. The van der Waals surface area contributed by atoms with E-state index in [1.165, 1.54) is 0 Å². The molecule has 0 aliphatic heterocycles. The van der Waals surface area contributed by atoms with Crippen LogP contribution in [-0.2, 0) is 0 Å². The fraction of sp³-hybridized carbons (Fsp3) is 0.0588. The quantitative estimate of drug-likeness (QED) is 0.769. The molecule has 0 aliphatic carbocycles. The summed E-state index contributed by atoms with van der Waals surface area (Å²) < 4.78 is 0. The summed E-state index contributed by atoms with van der Waals surface area (Å²) in [6, 6.07) is 12.1. The van der Waals surface area contributed by atoms with E-state index in [0.29, 0.717) is 11.6 Å².